The lowest BCUT2D eigenvalue weighted by atomic mass is 10.3. The summed E-state index contributed by atoms with van der Waals surface area (Å²) in [6, 6.07) is 0. The molecule has 0 radical (unpaired) electrons. The number of halogens is 1. The third-order valence-electron chi connectivity index (χ3n) is 1.07. The van der Waals surface area contributed by atoms with E-state index in [9.17, 15) is 4.21 Å². The van der Waals surface area contributed by atoms with Crippen molar-refractivity contribution in [1.29, 1.82) is 0 Å². The van der Waals surface area contributed by atoms with Crippen molar-refractivity contribution < 1.29 is 8.76 Å². The van der Waals surface area contributed by atoms with Crippen LogP contribution in [0.25, 0.3) is 0 Å². The maximum Gasteiger partial charge on any atom is 0.156 e. The molecule has 1 atom stereocenters. The second kappa shape index (κ2) is 6.17. The van der Waals surface area contributed by atoms with Crippen LogP contribution in [0.1, 0.15) is 6.92 Å². The van der Waals surface area contributed by atoms with E-state index in [-0.39, 0.29) is 5.75 Å². The fourth-order valence-corrected chi connectivity index (χ4v) is 1.08. The van der Waals surface area contributed by atoms with Gasteiger partial charge in [0.2, 0.25) is 0 Å². The normalized spacial score (nSPS) is 15.9. The Bertz CT molecular complexity index is 243. The molecule has 0 aromatic heterocycles. The first-order chi connectivity index (χ1) is 5.56. The van der Waals surface area contributed by atoms with Gasteiger partial charge in [-0.05, 0) is 13.0 Å². The predicted octanol–water partition coefficient (Wildman–Crippen LogP) is 2.46. The Kier molecular flexibility index (Phi) is 5.98. The van der Waals surface area contributed by atoms with E-state index in [1.165, 1.54) is 6.08 Å². The monoisotopic (exact) mass is 206 g/mol. The molecule has 0 rings (SSSR count). The van der Waals surface area contributed by atoms with E-state index >= 15 is 0 Å². The Morgan fingerprint density at radius 1 is 1.67 bits per heavy atom. The van der Waals surface area contributed by atoms with Gasteiger partial charge in [0.1, 0.15) is 0 Å². The number of rotatable bonds is 4. The maximum absolute atomic E-state index is 10.3. The van der Waals surface area contributed by atoms with Crippen LogP contribution in [-0.2, 0) is 11.1 Å². The summed E-state index contributed by atoms with van der Waals surface area (Å²) < 4.78 is 18.8. The van der Waals surface area contributed by atoms with E-state index in [4.69, 9.17) is 16.2 Å². The first kappa shape index (κ1) is 11.6. The zero-order valence-corrected chi connectivity index (χ0v) is 8.36. The molecule has 0 spiro atoms. The zero-order chi connectivity index (χ0) is 9.56. The highest BCUT2D eigenvalue weighted by Gasteiger charge is 1.93. The molecule has 0 saturated heterocycles. The molecule has 68 valence electrons. The summed E-state index contributed by atoms with van der Waals surface area (Å²) in [5, 5.41) is 0.512. The summed E-state index contributed by atoms with van der Waals surface area (Å²) in [6.45, 7) is 5.22. The van der Waals surface area contributed by atoms with Crippen LogP contribution >= 0.6 is 11.6 Å². The van der Waals surface area contributed by atoms with E-state index in [0.717, 1.165) is 5.57 Å². The third-order valence-corrected chi connectivity index (χ3v) is 2.06. The average molecular weight is 207 g/mol. The van der Waals surface area contributed by atoms with E-state index in [2.05, 4.69) is 6.58 Å². The molecule has 0 aliphatic heterocycles. The van der Waals surface area contributed by atoms with Crippen LogP contribution < -0.4 is 0 Å². The lowest BCUT2D eigenvalue weighted by Gasteiger charge is -1.93. The first-order valence-electron chi connectivity index (χ1n) is 3.29. The largest absolute Gasteiger partial charge is 0.306 e. The van der Waals surface area contributed by atoms with Crippen LogP contribution in [0.2, 0.25) is 0 Å². The van der Waals surface area contributed by atoms with Gasteiger partial charge >= 0.3 is 0 Å². The Hall–Kier alpha value is -0.380. The van der Waals surface area contributed by atoms with Crippen LogP contribution in [0, 0.1) is 0 Å². The Balaban J connectivity index is 4.17. The summed E-state index contributed by atoms with van der Waals surface area (Å²) >= 11 is 3.83. The first-order valence-corrected chi connectivity index (χ1v) is 4.94. The molecule has 12 heavy (non-hydrogen) atoms. The van der Waals surface area contributed by atoms with Crippen molar-refractivity contribution in [2.75, 3.05) is 5.75 Å². The molecule has 0 heterocycles. The molecule has 1 N–H and O–H groups in total. The van der Waals surface area contributed by atoms with Crippen LogP contribution in [0.15, 0.2) is 35.4 Å². The fraction of sp³-hybridized carbons (Fsp3) is 0.250. The molecule has 0 fully saturated rings. The molecule has 0 saturated carbocycles. The molecule has 0 aromatic carbocycles. The molecule has 0 aromatic rings. The van der Waals surface area contributed by atoms with Crippen molar-refractivity contribution in [1.82, 2.24) is 0 Å². The highest BCUT2D eigenvalue weighted by Crippen LogP contribution is 2.03. The smallest absolute Gasteiger partial charge is 0.156 e. The lowest BCUT2D eigenvalue weighted by Crippen LogP contribution is -1.95. The number of allylic oxidation sites excluding steroid dienone is 4. The van der Waals surface area contributed by atoms with Gasteiger partial charge in [0.25, 0.3) is 0 Å². The lowest BCUT2D eigenvalue weighted by molar-refractivity contribution is 0.566. The van der Waals surface area contributed by atoms with Crippen LogP contribution in [-0.4, -0.2) is 14.5 Å². The molecule has 1 unspecified atom stereocenters. The second-order valence-electron chi connectivity index (χ2n) is 2.23. The third kappa shape index (κ3) is 6.34. The molecule has 0 aliphatic rings. The average Bonchev–Trinajstić information content (AvgIpc) is 1.99. The summed E-state index contributed by atoms with van der Waals surface area (Å²) in [5.74, 6) is 0.151. The minimum atomic E-state index is -1.78. The van der Waals surface area contributed by atoms with Gasteiger partial charge in [0.05, 0.1) is 5.75 Å². The minimum absolute atomic E-state index is 0.151. The van der Waals surface area contributed by atoms with Gasteiger partial charge in [-0.15, -0.1) is 0 Å². The fourth-order valence-electron chi connectivity index (χ4n) is 0.533. The van der Waals surface area contributed by atoms with Gasteiger partial charge in [0, 0.05) is 5.03 Å². The number of hydrogen-bond donors (Lipinski definition) is 1. The van der Waals surface area contributed by atoms with Crippen molar-refractivity contribution in [3.05, 3.63) is 35.4 Å². The Labute approximate surface area is 79.9 Å². The minimum Gasteiger partial charge on any atom is -0.306 e. The highest BCUT2D eigenvalue weighted by molar-refractivity contribution is 7.79. The van der Waals surface area contributed by atoms with Crippen molar-refractivity contribution in [2.45, 2.75) is 6.92 Å². The molecule has 0 bridgehead atoms. The molecular weight excluding hydrogens is 196 g/mol. The summed E-state index contributed by atoms with van der Waals surface area (Å²) in [7, 11) is 0. The zero-order valence-electron chi connectivity index (χ0n) is 6.79. The maximum atomic E-state index is 10.3. The molecule has 0 aliphatic carbocycles. The van der Waals surface area contributed by atoms with E-state index in [1.54, 1.807) is 19.1 Å². The second-order valence-corrected chi connectivity index (χ2v) is 3.60. The van der Waals surface area contributed by atoms with Crippen LogP contribution in [0.3, 0.4) is 0 Å². The van der Waals surface area contributed by atoms with E-state index < -0.39 is 11.1 Å². The van der Waals surface area contributed by atoms with Gasteiger partial charge < -0.3 is 4.55 Å². The van der Waals surface area contributed by atoms with Gasteiger partial charge in [0.15, 0.2) is 11.1 Å². The van der Waals surface area contributed by atoms with E-state index in [0.29, 0.717) is 5.03 Å². The molecule has 4 heteroatoms. The van der Waals surface area contributed by atoms with Crippen molar-refractivity contribution in [3.8, 4) is 0 Å². The molecule has 0 amide bonds. The topological polar surface area (TPSA) is 37.3 Å². The SMILES string of the molecule is C=C/C(Cl)=C\C=C(/C)CS(=O)O. The van der Waals surface area contributed by atoms with Crippen LogP contribution in [0.5, 0.6) is 0 Å². The highest BCUT2D eigenvalue weighted by atomic mass is 35.5. The Morgan fingerprint density at radius 2 is 2.25 bits per heavy atom. The quantitative estimate of drug-likeness (QED) is 0.567. The predicted molar refractivity (Wildman–Crippen MR) is 53.5 cm³/mol. The van der Waals surface area contributed by atoms with Gasteiger partial charge in [-0.2, -0.15) is 0 Å². The number of hydrogen-bond acceptors (Lipinski definition) is 1. The standard InChI is InChI=1S/C8H11ClO2S/c1-3-8(9)5-4-7(2)6-12(10)11/h3-5H,1,6H2,2H3,(H,10,11)/b7-4+,8-5+. The van der Waals surface area contributed by atoms with Crippen molar-refractivity contribution >= 4 is 22.7 Å². The van der Waals surface area contributed by atoms with E-state index in [1.807, 2.05) is 0 Å². The van der Waals surface area contributed by atoms with Crippen LogP contribution in [0.4, 0.5) is 0 Å². The van der Waals surface area contributed by atoms with Gasteiger partial charge in [-0.1, -0.05) is 35.9 Å². The molecule has 2 nitrogen and oxygen atoms in total. The van der Waals surface area contributed by atoms with Gasteiger partial charge in [-0.25, -0.2) is 4.21 Å². The van der Waals surface area contributed by atoms with Crippen molar-refractivity contribution in [3.63, 3.8) is 0 Å². The summed E-state index contributed by atoms with van der Waals surface area (Å²) in [4.78, 5) is 0. The van der Waals surface area contributed by atoms with Gasteiger partial charge in [-0.3, -0.25) is 0 Å². The summed E-state index contributed by atoms with van der Waals surface area (Å²) in [5.41, 5.74) is 0.802. The van der Waals surface area contributed by atoms with Crippen molar-refractivity contribution in [2.24, 2.45) is 0 Å². The summed E-state index contributed by atoms with van der Waals surface area (Å²) in [6.07, 6.45) is 4.83. The Morgan fingerprint density at radius 3 is 2.67 bits per heavy atom. The molecular formula is C8H11ClO2S.